The number of rotatable bonds is 7. The first-order valence-corrected chi connectivity index (χ1v) is 19.7. The lowest BCUT2D eigenvalue weighted by Crippen LogP contribution is -2.69. The van der Waals surface area contributed by atoms with Crippen LogP contribution in [-0.4, -0.2) is 91.4 Å². The van der Waals surface area contributed by atoms with E-state index >= 15 is 0 Å². The van der Waals surface area contributed by atoms with Gasteiger partial charge < -0.3 is 15.4 Å². The predicted molar refractivity (Wildman–Crippen MR) is 212 cm³/mol. The number of nitrogens with two attached hydrogens (primary N) is 1. The molecule has 56 heavy (non-hydrogen) atoms. The molecule has 2 unspecified atom stereocenters. The molecule has 0 radical (unpaired) electrons. The van der Waals surface area contributed by atoms with Crippen LogP contribution in [0, 0.1) is 5.41 Å². The van der Waals surface area contributed by atoms with Crippen molar-refractivity contribution in [2.24, 2.45) is 5.41 Å². The fourth-order valence-corrected chi connectivity index (χ4v) is 9.72. The molecule has 4 aliphatic heterocycles. The molecule has 2 atom stereocenters. The number of nitrogen functional groups attached to an aromatic ring is 1. The number of hydrogen-bond acceptors (Lipinski definition) is 11. The number of amides is 4. The van der Waals surface area contributed by atoms with E-state index in [1.807, 2.05) is 54.6 Å². The second-order valence-corrected chi connectivity index (χ2v) is 16.4. The number of piperidine rings is 1. The van der Waals surface area contributed by atoms with Crippen molar-refractivity contribution < 1.29 is 23.9 Å². The highest BCUT2D eigenvalue weighted by molar-refractivity contribution is 7.28. The molecule has 3 aromatic carbocycles. The van der Waals surface area contributed by atoms with E-state index in [1.165, 1.54) is 6.33 Å². The Bertz CT molecular complexity index is 2430. The first-order chi connectivity index (χ1) is 27.1. The molecule has 4 fully saturated rings. The number of para-hydroxylation sites is 1. The number of fused-ring (bicyclic) bond motifs is 2. The molecule has 6 heterocycles. The molecule has 4 amide bonds. The normalized spacial score (nSPS) is 21.3. The van der Waals surface area contributed by atoms with Gasteiger partial charge in [0.1, 0.15) is 35.4 Å². The number of aromatic nitrogens is 4. The standard InChI is InChI=1S/C41H40N9O5P/c42-36-34-35(23-6-8-27(9-7-23)55-26-4-2-1-3-5-26)46-50(37(34)44-22-43-36)24-12-14-41(15-13-24)20-48(21-41)25-18-47(19-25)31-16-28-29(17-32(31)56)40(54)49(39(28)53)30-10-11-33(51)45-38(30)52/h1-9,16-17,22,24-25,30H,10-15,18-21,56H2,(H2,42,43,44)(H,45,51,52). The van der Waals surface area contributed by atoms with Gasteiger partial charge in [0.15, 0.2) is 5.65 Å². The average Bonchev–Trinajstić information content (AvgIpc) is 3.67. The summed E-state index contributed by atoms with van der Waals surface area (Å²) < 4.78 is 8.08. The van der Waals surface area contributed by atoms with Crippen molar-refractivity contribution >= 4 is 60.7 Å². The van der Waals surface area contributed by atoms with Gasteiger partial charge in [-0.25, -0.2) is 14.6 Å². The summed E-state index contributed by atoms with van der Waals surface area (Å²) in [6.07, 6.45) is 5.96. The molecule has 15 heteroatoms. The summed E-state index contributed by atoms with van der Waals surface area (Å²) in [5.74, 6) is -0.0425. The van der Waals surface area contributed by atoms with E-state index in [4.69, 9.17) is 15.6 Å². The third kappa shape index (κ3) is 5.73. The molecule has 5 aromatic rings. The maximum Gasteiger partial charge on any atom is 0.262 e. The van der Waals surface area contributed by atoms with Crippen LogP contribution in [0.5, 0.6) is 11.5 Å². The lowest BCUT2D eigenvalue weighted by molar-refractivity contribution is -0.136. The number of hydrogen-bond donors (Lipinski definition) is 2. The Balaban J connectivity index is 0.774. The van der Waals surface area contributed by atoms with Gasteiger partial charge in [0.05, 0.1) is 22.6 Å². The van der Waals surface area contributed by atoms with Gasteiger partial charge in [-0.1, -0.05) is 18.2 Å². The SMILES string of the molecule is Nc1ncnc2c1c(-c1ccc(Oc3ccccc3)cc1)nn2C1CCC2(CC1)CN(C1CN(c3cc4c(cc3P)C(=O)N(C3CCC(=O)NC3=O)C4=O)C1)C2. The Kier molecular flexibility index (Phi) is 8.19. The number of imide groups is 2. The zero-order valence-electron chi connectivity index (χ0n) is 30.6. The van der Waals surface area contributed by atoms with E-state index in [0.29, 0.717) is 23.0 Å². The van der Waals surface area contributed by atoms with Crippen LogP contribution >= 0.6 is 9.24 Å². The highest BCUT2D eigenvalue weighted by atomic mass is 31.0. The van der Waals surface area contributed by atoms with E-state index < -0.39 is 29.7 Å². The van der Waals surface area contributed by atoms with Crippen molar-refractivity contribution in [3.05, 3.63) is 84.2 Å². The van der Waals surface area contributed by atoms with Crippen LogP contribution in [0.2, 0.25) is 0 Å². The van der Waals surface area contributed by atoms with Gasteiger partial charge in [-0.3, -0.25) is 34.3 Å². The highest BCUT2D eigenvalue weighted by Gasteiger charge is 2.50. The first-order valence-electron chi connectivity index (χ1n) is 19.1. The molecule has 1 aliphatic carbocycles. The van der Waals surface area contributed by atoms with Crippen LogP contribution in [0.4, 0.5) is 11.5 Å². The maximum absolute atomic E-state index is 13.4. The molecule has 1 spiro atoms. The summed E-state index contributed by atoms with van der Waals surface area (Å²) >= 11 is 0. The molecule has 2 aromatic heterocycles. The number of benzene rings is 3. The highest BCUT2D eigenvalue weighted by Crippen LogP contribution is 2.49. The third-order valence-corrected chi connectivity index (χ3v) is 12.8. The van der Waals surface area contributed by atoms with Crippen LogP contribution in [0.1, 0.15) is 65.3 Å². The largest absolute Gasteiger partial charge is 0.457 e. The number of anilines is 2. The number of carbonyl (C=O) groups excluding carboxylic acids is 4. The van der Waals surface area contributed by atoms with E-state index in [9.17, 15) is 19.2 Å². The van der Waals surface area contributed by atoms with Crippen molar-refractivity contribution in [3.8, 4) is 22.8 Å². The van der Waals surface area contributed by atoms with E-state index in [2.05, 4.69) is 39.0 Å². The summed E-state index contributed by atoms with van der Waals surface area (Å²) in [4.78, 5) is 65.7. The molecule has 10 rings (SSSR count). The van der Waals surface area contributed by atoms with Gasteiger partial charge in [-0.15, -0.1) is 9.24 Å². The maximum atomic E-state index is 13.4. The summed E-state index contributed by atoms with van der Waals surface area (Å²) in [5.41, 5.74) is 10.7. The van der Waals surface area contributed by atoms with Gasteiger partial charge in [0, 0.05) is 49.9 Å². The van der Waals surface area contributed by atoms with Crippen LogP contribution in [0.3, 0.4) is 0 Å². The number of carbonyl (C=O) groups is 4. The molecule has 0 bridgehead atoms. The minimum atomic E-state index is -0.979. The molecule has 284 valence electrons. The molecule has 14 nitrogen and oxygen atoms in total. The number of likely N-dealkylation sites (tertiary alicyclic amines) is 1. The zero-order chi connectivity index (χ0) is 38.3. The number of ether oxygens (including phenoxy) is 1. The van der Waals surface area contributed by atoms with Crippen LogP contribution in [0.25, 0.3) is 22.3 Å². The fourth-order valence-electron chi connectivity index (χ4n) is 9.29. The van der Waals surface area contributed by atoms with Gasteiger partial charge in [-0.2, -0.15) is 5.10 Å². The second kappa shape index (κ2) is 13.2. The average molecular weight is 770 g/mol. The van der Waals surface area contributed by atoms with Gasteiger partial charge in [-0.05, 0) is 91.4 Å². The smallest absolute Gasteiger partial charge is 0.262 e. The predicted octanol–water partition coefficient (Wildman–Crippen LogP) is 4.08. The van der Waals surface area contributed by atoms with Crippen molar-refractivity contribution in [3.63, 3.8) is 0 Å². The number of nitrogens with zero attached hydrogens (tertiary/aromatic N) is 7. The fraction of sp³-hybridized carbons (Fsp3) is 0.341. The van der Waals surface area contributed by atoms with Crippen molar-refractivity contribution in [1.29, 1.82) is 0 Å². The lowest BCUT2D eigenvalue weighted by Gasteiger charge is -2.59. The Morgan fingerprint density at radius 1 is 0.839 bits per heavy atom. The second-order valence-electron chi connectivity index (χ2n) is 15.8. The van der Waals surface area contributed by atoms with Gasteiger partial charge >= 0.3 is 0 Å². The van der Waals surface area contributed by atoms with E-state index in [0.717, 1.165) is 102 Å². The van der Waals surface area contributed by atoms with Crippen LogP contribution in [-0.2, 0) is 9.59 Å². The zero-order valence-corrected chi connectivity index (χ0v) is 31.7. The summed E-state index contributed by atoms with van der Waals surface area (Å²) in [5, 5.41) is 8.99. The Hall–Kier alpha value is -5.72. The van der Waals surface area contributed by atoms with Crippen LogP contribution in [0.15, 0.2) is 73.1 Å². The molecular weight excluding hydrogens is 729 g/mol. The monoisotopic (exact) mass is 769 g/mol. The Morgan fingerprint density at radius 2 is 1.54 bits per heavy atom. The Labute approximate surface area is 324 Å². The molecule has 1 saturated carbocycles. The summed E-state index contributed by atoms with van der Waals surface area (Å²) in [6, 6.07) is 20.7. The van der Waals surface area contributed by atoms with Crippen LogP contribution < -0.4 is 26.0 Å². The Morgan fingerprint density at radius 3 is 2.25 bits per heavy atom. The molecule has 3 N–H and O–H groups in total. The summed E-state index contributed by atoms with van der Waals surface area (Å²) in [6.45, 7) is 3.78. The first kappa shape index (κ1) is 34.7. The van der Waals surface area contributed by atoms with E-state index in [-0.39, 0.29) is 24.3 Å². The van der Waals surface area contributed by atoms with E-state index in [1.54, 1.807) is 12.1 Å². The van der Waals surface area contributed by atoms with Crippen molar-refractivity contribution in [2.75, 3.05) is 36.8 Å². The number of nitrogens with one attached hydrogen (secondary N) is 1. The van der Waals surface area contributed by atoms with Crippen molar-refractivity contribution in [1.82, 2.24) is 34.9 Å². The molecule has 5 aliphatic rings. The van der Waals surface area contributed by atoms with Gasteiger partial charge in [0.2, 0.25) is 11.8 Å². The summed E-state index contributed by atoms with van der Waals surface area (Å²) in [7, 11) is 2.70. The topological polar surface area (TPSA) is 169 Å². The minimum absolute atomic E-state index is 0.0907. The van der Waals surface area contributed by atoms with Crippen molar-refractivity contribution in [2.45, 2.75) is 56.7 Å². The molecular formula is C41H40N9O5P. The van der Waals surface area contributed by atoms with Gasteiger partial charge in [0.25, 0.3) is 11.8 Å². The molecule has 3 saturated heterocycles. The lowest BCUT2D eigenvalue weighted by atomic mass is 9.66. The third-order valence-electron chi connectivity index (χ3n) is 12.4. The minimum Gasteiger partial charge on any atom is -0.457 e. The quantitative estimate of drug-likeness (QED) is 0.181.